The number of carbonyl (C=O) groups is 1. The van der Waals surface area contributed by atoms with Gasteiger partial charge >= 0.3 is 0 Å². The average Bonchev–Trinajstić information content (AvgIpc) is 2.95. The molecule has 2 aliphatic rings. The van der Waals surface area contributed by atoms with Gasteiger partial charge < -0.3 is 14.8 Å². The van der Waals surface area contributed by atoms with Crippen molar-refractivity contribution in [1.29, 1.82) is 0 Å². The molecule has 0 unspecified atom stereocenters. The Morgan fingerprint density at radius 1 is 1.27 bits per heavy atom. The molecule has 1 amide bonds. The van der Waals surface area contributed by atoms with E-state index in [1.807, 2.05) is 11.9 Å². The van der Waals surface area contributed by atoms with Crippen molar-refractivity contribution < 1.29 is 4.79 Å². The van der Waals surface area contributed by atoms with Gasteiger partial charge in [0, 0.05) is 32.6 Å². The van der Waals surface area contributed by atoms with Gasteiger partial charge in [-0.3, -0.25) is 4.79 Å². The SMILES string of the molecule is Cn1c(SCC(=O)N2CCCCC2)nnc1[C@@H]1CCCNC1. The lowest BCUT2D eigenvalue weighted by Gasteiger charge is -2.26. The Bertz CT molecular complexity index is 506. The molecular formula is C15H25N5OS. The average molecular weight is 323 g/mol. The van der Waals surface area contributed by atoms with Crippen molar-refractivity contribution in [2.75, 3.05) is 31.9 Å². The molecule has 0 spiro atoms. The number of amides is 1. The fraction of sp³-hybridized carbons (Fsp3) is 0.800. The van der Waals surface area contributed by atoms with E-state index in [-0.39, 0.29) is 5.91 Å². The van der Waals surface area contributed by atoms with Gasteiger partial charge in [0.15, 0.2) is 5.16 Å². The van der Waals surface area contributed by atoms with Crippen molar-refractivity contribution >= 4 is 17.7 Å². The largest absolute Gasteiger partial charge is 0.342 e. The zero-order valence-corrected chi connectivity index (χ0v) is 14.1. The molecule has 3 rings (SSSR count). The van der Waals surface area contributed by atoms with Crippen LogP contribution in [0.15, 0.2) is 5.16 Å². The summed E-state index contributed by atoms with van der Waals surface area (Å²) in [6, 6.07) is 0. The standard InChI is InChI=1S/C15H25N5OS/c1-19-14(12-6-5-7-16-10-12)17-18-15(19)22-11-13(21)20-8-3-2-4-9-20/h12,16H,2-11H2,1H3/t12-/m1/s1. The predicted octanol–water partition coefficient (Wildman–Crippen LogP) is 1.39. The van der Waals surface area contributed by atoms with Crippen LogP contribution in [0, 0.1) is 0 Å². The van der Waals surface area contributed by atoms with Crippen LogP contribution in [0.1, 0.15) is 43.8 Å². The van der Waals surface area contributed by atoms with E-state index in [0.29, 0.717) is 11.7 Å². The van der Waals surface area contributed by atoms with Gasteiger partial charge in [0.1, 0.15) is 5.82 Å². The van der Waals surface area contributed by atoms with Gasteiger partial charge in [-0.2, -0.15) is 0 Å². The van der Waals surface area contributed by atoms with Crippen molar-refractivity contribution in [2.45, 2.75) is 43.2 Å². The van der Waals surface area contributed by atoms with Gasteiger partial charge in [-0.15, -0.1) is 10.2 Å². The number of piperidine rings is 2. The fourth-order valence-electron chi connectivity index (χ4n) is 3.24. The second kappa shape index (κ2) is 7.46. The van der Waals surface area contributed by atoms with Crippen LogP contribution in [0.3, 0.4) is 0 Å². The first-order valence-corrected chi connectivity index (χ1v) is 9.25. The molecular weight excluding hydrogens is 298 g/mol. The molecule has 7 heteroatoms. The van der Waals surface area contributed by atoms with E-state index in [0.717, 1.165) is 56.4 Å². The van der Waals surface area contributed by atoms with Crippen molar-refractivity contribution in [3.8, 4) is 0 Å². The molecule has 0 aliphatic carbocycles. The third-order valence-electron chi connectivity index (χ3n) is 4.56. The van der Waals surface area contributed by atoms with Crippen molar-refractivity contribution in [3.05, 3.63) is 5.82 Å². The van der Waals surface area contributed by atoms with E-state index in [1.54, 1.807) is 0 Å². The van der Waals surface area contributed by atoms with Gasteiger partial charge in [-0.25, -0.2) is 0 Å². The minimum Gasteiger partial charge on any atom is -0.342 e. The molecule has 1 atom stereocenters. The van der Waals surface area contributed by atoms with E-state index < -0.39 is 0 Å². The molecule has 0 saturated carbocycles. The molecule has 0 bridgehead atoms. The van der Waals surface area contributed by atoms with Crippen LogP contribution in [0.5, 0.6) is 0 Å². The highest BCUT2D eigenvalue weighted by Crippen LogP contribution is 2.25. The summed E-state index contributed by atoms with van der Waals surface area (Å²) in [5, 5.41) is 12.9. The number of nitrogens with zero attached hydrogens (tertiary/aromatic N) is 4. The highest BCUT2D eigenvalue weighted by atomic mass is 32.2. The molecule has 1 N–H and O–H groups in total. The predicted molar refractivity (Wildman–Crippen MR) is 87.0 cm³/mol. The molecule has 0 aromatic carbocycles. The second-order valence-electron chi connectivity index (χ2n) is 6.17. The molecule has 22 heavy (non-hydrogen) atoms. The molecule has 1 aromatic rings. The summed E-state index contributed by atoms with van der Waals surface area (Å²) >= 11 is 1.51. The Balaban J connectivity index is 1.56. The molecule has 2 aliphatic heterocycles. The number of aromatic nitrogens is 3. The van der Waals surface area contributed by atoms with E-state index in [4.69, 9.17) is 0 Å². The Kier molecular flexibility index (Phi) is 5.36. The first kappa shape index (κ1) is 15.8. The van der Waals surface area contributed by atoms with E-state index >= 15 is 0 Å². The van der Waals surface area contributed by atoms with Crippen LogP contribution < -0.4 is 5.32 Å². The van der Waals surface area contributed by atoms with Crippen molar-refractivity contribution in [1.82, 2.24) is 25.0 Å². The lowest BCUT2D eigenvalue weighted by Crippen LogP contribution is -2.36. The number of carbonyl (C=O) groups excluding carboxylic acids is 1. The smallest absolute Gasteiger partial charge is 0.233 e. The maximum atomic E-state index is 12.2. The minimum atomic E-state index is 0.230. The summed E-state index contributed by atoms with van der Waals surface area (Å²) in [6.45, 7) is 3.90. The molecule has 122 valence electrons. The summed E-state index contributed by atoms with van der Waals surface area (Å²) in [7, 11) is 2.01. The fourth-order valence-corrected chi connectivity index (χ4v) is 4.06. The number of hydrogen-bond donors (Lipinski definition) is 1. The summed E-state index contributed by atoms with van der Waals surface area (Å²) < 4.78 is 2.06. The third kappa shape index (κ3) is 3.63. The number of likely N-dealkylation sites (tertiary alicyclic amines) is 1. The van der Waals surface area contributed by atoms with Crippen molar-refractivity contribution in [2.24, 2.45) is 7.05 Å². The summed E-state index contributed by atoms with van der Waals surface area (Å²) in [6.07, 6.45) is 5.88. The van der Waals surface area contributed by atoms with E-state index in [2.05, 4.69) is 20.1 Å². The van der Waals surface area contributed by atoms with Crippen molar-refractivity contribution in [3.63, 3.8) is 0 Å². The molecule has 3 heterocycles. The monoisotopic (exact) mass is 323 g/mol. The molecule has 0 radical (unpaired) electrons. The third-order valence-corrected chi connectivity index (χ3v) is 5.57. The van der Waals surface area contributed by atoms with Crippen LogP contribution >= 0.6 is 11.8 Å². The first-order chi connectivity index (χ1) is 10.8. The maximum Gasteiger partial charge on any atom is 0.233 e. The molecule has 2 fully saturated rings. The van der Waals surface area contributed by atoms with E-state index in [1.165, 1.54) is 24.6 Å². The lowest BCUT2D eigenvalue weighted by molar-refractivity contribution is -0.129. The zero-order chi connectivity index (χ0) is 15.4. The zero-order valence-electron chi connectivity index (χ0n) is 13.3. The summed E-state index contributed by atoms with van der Waals surface area (Å²) in [4.78, 5) is 14.2. The van der Waals surface area contributed by atoms with Crippen LogP contribution in [-0.2, 0) is 11.8 Å². The topological polar surface area (TPSA) is 63.1 Å². The molecule has 2 saturated heterocycles. The van der Waals surface area contributed by atoms with Crippen LogP contribution in [-0.4, -0.2) is 57.5 Å². The van der Waals surface area contributed by atoms with Gasteiger partial charge in [0.25, 0.3) is 0 Å². The Morgan fingerprint density at radius 2 is 2.09 bits per heavy atom. The highest BCUT2D eigenvalue weighted by molar-refractivity contribution is 7.99. The Labute approximate surface area is 136 Å². The van der Waals surface area contributed by atoms with Gasteiger partial charge in [-0.1, -0.05) is 11.8 Å². The van der Waals surface area contributed by atoms with E-state index in [9.17, 15) is 4.79 Å². The van der Waals surface area contributed by atoms with Gasteiger partial charge in [-0.05, 0) is 38.6 Å². The summed E-state index contributed by atoms with van der Waals surface area (Å²) in [5.74, 6) is 2.18. The minimum absolute atomic E-state index is 0.230. The van der Waals surface area contributed by atoms with Crippen LogP contribution in [0.2, 0.25) is 0 Å². The van der Waals surface area contributed by atoms with Crippen LogP contribution in [0.4, 0.5) is 0 Å². The maximum absolute atomic E-state index is 12.2. The second-order valence-corrected chi connectivity index (χ2v) is 7.12. The first-order valence-electron chi connectivity index (χ1n) is 8.26. The Hall–Kier alpha value is -1.08. The number of hydrogen-bond acceptors (Lipinski definition) is 5. The highest BCUT2D eigenvalue weighted by Gasteiger charge is 2.23. The quantitative estimate of drug-likeness (QED) is 0.848. The summed E-state index contributed by atoms with van der Waals surface area (Å²) in [5.41, 5.74) is 0. The molecule has 6 nitrogen and oxygen atoms in total. The number of rotatable bonds is 4. The number of thioether (sulfide) groups is 1. The number of nitrogens with one attached hydrogen (secondary N) is 1. The normalized spacial score (nSPS) is 22.8. The van der Waals surface area contributed by atoms with Gasteiger partial charge in [0.05, 0.1) is 5.75 Å². The lowest BCUT2D eigenvalue weighted by atomic mass is 9.99. The van der Waals surface area contributed by atoms with Gasteiger partial charge in [0.2, 0.25) is 5.91 Å². The van der Waals surface area contributed by atoms with Crippen LogP contribution in [0.25, 0.3) is 0 Å². The molecule has 1 aromatic heterocycles. The Morgan fingerprint density at radius 3 is 2.82 bits per heavy atom.